The Morgan fingerprint density at radius 2 is 2.33 bits per heavy atom. The van der Waals surface area contributed by atoms with E-state index in [0.717, 1.165) is 5.75 Å². The van der Waals surface area contributed by atoms with Crippen LogP contribution in [0.15, 0.2) is 0 Å². The van der Waals surface area contributed by atoms with Crippen molar-refractivity contribution in [3.8, 4) is 0 Å². The van der Waals surface area contributed by atoms with Gasteiger partial charge in [0.05, 0.1) is 6.67 Å². The van der Waals surface area contributed by atoms with Crippen LogP contribution in [0.3, 0.4) is 0 Å². The number of halogens is 1. The summed E-state index contributed by atoms with van der Waals surface area (Å²) >= 11 is 1.63. The molecule has 2 heteroatoms. The molecule has 0 saturated heterocycles. The average Bonchev–Trinajstić information content (AvgIpc) is 1.61. The van der Waals surface area contributed by atoms with Crippen molar-refractivity contribution >= 4 is 11.8 Å². The molecule has 0 radical (unpaired) electrons. The Kier molecular flexibility index (Phi) is 5.53. The average molecular weight is 108 g/mol. The molecular formula is C4H9FS. The molecule has 0 aliphatic carbocycles. The topological polar surface area (TPSA) is 0 Å². The lowest BCUT2D eigenvalue weighted by molar-refractivity contribution is 0.533. The van der Waals surface area contributed by atoms with E-state index >= 15 is 0 Å². The van der Waals surface area contributed by atoms with Gasteiger partial charge in [0, 0.05) is 5.75 Å². The van der Waals surface area contributed by atoms with Crippen LogP contribution in [0.5, 0.6) is 0 Å². The van der Waals surface area contributed by atoms with Gasteiger partial charge in [0.2, 0.25) is 0 Å². The molecule has 6 heavy (non-hydrogen) atoms. The predicted octanol–water partition coefficient (Wildman–Crippen LogP) is 1.71. The Bertz CT molecular complexity index is 19.5. The summed E-state index contributed by atoms with van der Waals surface area (Å²) in [7, 11) is 0. The van der Waals surface area contributed by atoms with Gasteiger partial charge in [0.15, 0.2) is 0 Å². The maximum absolute atomic E-state index is 11.2. The van der Waals surface area contributed by atoms with Crippen LogP contribution >= 0.6 is 11.8 Å². The number of hydrogen-bond donors (Lipinski definition) is 0. The lowest BCUT2D eigenvalue weighted by atomic mass is 10.9. The highest BCUT2D eigenvalue weighted by atomic mass is 32.2. The molecule has 0 nitrogen and oxygen atoms in total. The molecule has 0 rings (SSSR count). The Morgan fingerprint density at radius 3 is 2.50 bits per heavy atom. The molecule has 0 spiro atoms. The zero-order valence-electron chi connectivity index (χ0n) is 3.91. The third-order valence-electron chi connectivity index (χ3n) is 0.426. The normalized spacial score (nSPS) is 9.00. The van der Waals surface area contributed by atoms with Crippen molar-refractivity contribution in [1.82, 2.24) is 0 Å². The smallest absolute Gasteiger partial charge is 0.0984 e. The van der Waals surface area contributed by atoms with Gasteiger partial charge in [-0.2, -0.15) is 11.8 Å². The van der Waals surface area contributed by atoms with Crippen LogP contribution in [-0.4, -0.2) is 18.2 Å². The molecule has 0 aliphatic rings. The molecule has 0 aromatic rings. The molecule has 0 N–H and O–H groups in total. The van der Waals surface area contributed by atoms with Crippen molar-refractivity contribution in [2.75, 3.05) is 18.2 Å². The van der Waals surface area contributed by atoms with Gasteiger partial charge in [-0.15, -0.1) is 0 Å². The molecule has 0 fully saturated rings. The molecule has 0 unspecified atom stereocenters. The van der Waals surface area contributed by atoms with Gasteiger partial charge >= 0.3 is 0 Å². The highest BCUT2D eigenvalue weighted by molar-refractivity contribution is 7.99. The summed E-state index contributed by atoms with van der Waals surface area (Å²) in [6, 6.07) is 0. The van der Waals surface area contributed by atoms with E-state index in [4.69, 9.17) is 0 Å². The summed E-state index contributed by atoms with van der Waals surface area (Å²) in [6.07, 6.45) is 0. The largest absolute Gasteiger partial charge is 0.250 e. The van der Waals surface area contributed by atoms with Crippen LogP contribution in [0.1, 0.15) is 6.92 Å². The molecule has 0 aromatic heterocycles. The second-order valence-electron chi connectivity index (χ2n) is 0.886. The van der Waals surface area contributed by atoms with Crippen molar-refractivity contribution in [2.24, 2.45) is 0 Å². The van der Waals surface area contributed by atoms with E-state index in [0.29, 0.717) is 5.75 Å². The predicted molar refractivity (Wildman–Crippen MR) is 29.0 cm³/mol. The Hall–Kier alpha value is 0.280. The monoisotopic (exact) mass is 108 g/mol. The van der Waals surface area contributed by atoms with Gasteiger partial charge < -0.3 is 0 Å². The van der Waals surface area contributed by atoms with E-state index in [2.05, 4.69) is 0 Å². The fraction of sp³-hybridized carbons (Fsp3) is 1.00. The van der Waals surface area contributed by atoms with Gasteiger partial charge in [-0.3, -0.25) is 4.39 Å². The quantitative estimate of drug-likeness (QED) is 0.496. The van der Waals surface area contributed by atoms with Gasteiger partial charge in [-0.25, -0.2) is 0 Å². The highest BCUT2D eigenvalue weighted by Gasteiger charge is 1.77. The minimum Gasteiger partial charge on any atom is -0.250 e. The summed E-state index contributed by atoms with van der Waals surface area (Å²) in [5.41, 5.74) is 0. The van der Waals surface area contributed by atoms with Crippen LogP contribution in [-0.2, 0) is 0 Å². The van der Waals surface area contributed by atoms with Gasteiger partial charge in [-0.05, 0) is 5.75 Å². The first-order chi connectivity index (χ1) is 2.91. The van der Waals surface area contributed by atoms with Crippen LogP contribution in [0.4, 0.5) is 4.39 Å². The minimum absolute atomic E-state index is 0.182. The maximum atomic E-state index is 11.2. The van der Waals surface area contributed by atoms with Crippen LogP contribution in [0.25, 0.3) is 0 Å². The SMILES string of the molecule is CCSCCF. The minimum atomic E-state index is -0.182. The third-order valence-corrected chi connectivity index (χ3v) is 1.28. The van der Waals surface area contributed by atoms with E-state index in [1.807, 2.05) is 6.92 Å². The third kappa shape index (κ3) is 4.28. The number of hydrogen-bond acceptors (Lipinski definition) is 1. The first kappa shape index (κ1) is 6.28. The van der Waals surface area contributed by atoms with Crippen LogP contribution in [0, 0.1) is 0 Å². The van der Waals surface area contributed by atoms with E-state index in [1.54, 1.807) is 11.8 Å². The Balaban J connectivity index is 2.34. The van der Waals surface area contributed by atoms with E-state index in [1.165, 1.54) is 0 Å². The summed E-state index contributed by atoms with van der Waals surface area (Å²) in [4.78, 5) is 0. The Labute approximate surface area is 42.1 Å². The second-order valence-corrected chi connectivity index (χ2v) is 2.28. The molecule has 0 bridgehead atoms. The van der Waals surface area contributed by atoms with Gasteiger partial charge in [0.1, 0.15) is 0 Å². The maximum Gasteiger partial charge on any atom is 0.0984 e. The molecule has 38 valence electrons. The van der Waals surface area contributed by atoms with Gasteiger partial charge in [0.25, 0.3) is 0 Å². The van der Waals surface area contributed by atoms with E-state index in [-0.39, 0.29) is 6.67 Å². The molecule has 0 aromatic carbocycles. The molecular weight excluding hydrogens is 99.1 g/mol. The highest BCUT2D eigenvalue weighted by Crippen LogP contribution is 1.95. The second kappa shape index (κ2) is 5.28. The zero-order chi connectivity index (χ0) is 4.83. The van der Waals surface area contributed by atoms with Crippen molar-refractivity contribution in [1.29, 1.82) is 0 Å². The van der Waals surface area contributed by atoms with Crippen LogP contribution in [0.2, 0.25) is 0 Å². The van der Waals surface area contributed by atoms with Crippen molar-refractivity contribution < 1.29 is 4.39 Å². The molecule has 0 atom stereocenters. The van der Waals surface area contributed by atoms with Crippen molar-refractivity contribution in [3.63, 3.8) is 0 Å². The van der Waals surface area contributed by atoms with Crippen molar-refractivity contribution in [3.05, 3.63) is 0 Å². The lowest BCUT2D eigenvalue weighted by Crippen LogP contribution is -1.78. The fourth-order valence-electron chi connectivity index (χ4n) is 0.199. The summed E-state index contributed by atoms with van der Waals surface area (Å²) in [5, 5.41) is 0. The molecule has 0 heterocycles. The number of rotatable bonds is 3. The number of thioether (sulfide) groups is 1. The summed E-state index contributed by atoms with van der Waals surface area (Å²) < 4.78 is 11.2. The fourth-order valence-corrected chi connectivity index (χ4v) is 0.597. The summed E-state index contributed by atoms with van der Waals surface area (Å²) in [6.45, 7) is 1.85. The first-order valence-electron chi connectivity index (χ1n) is 2.05. The lowest BCUT2D eigenvalue weighted by Gasteiger charge is -1.84. The zero-order valence-corrected chi connectivity index (χ0v) is 4.72. The van der Waals surface area contributed by atoms with Crippen LogP contribution < -0.4 is 0 Å². The molecule has 0 saturated carbocycles. The van der Waals surface area contributed by atoms with Gasteiger partial charge in [-0.1, -0.05) is 6.92 Å². The molecule has 0 amide bonds. The Morgan fingerprint density at radius 1 is 1.67 bits per heavy atom. The standard InChI is InChI=1S/C4H9FS/c1-2-6-4-3-5/h2-4H2,1H3. The molecule has 0 aliphatic heterocycles. The van der Waals surface area contributed by atoms with E-state index < -0.39 is 0 Å². The van der Waals surface area contributed by atoms with E-state index in [9.17, 15) is 4.39 Å². The van der Waals surface area contributed by atoms with Crippen molar-refractivity contribution in [2.45, 2.75) is 6.92 Å². The number of alkyl halides is 1. The summed E-state index contributed by atoms with van der Waals surface area (Å²) in [5.74, 6) is 1.69. The first-order valence-corrected chi connectivity index (χ1v) is 3.21.